The van der Waals surface area contributed by atoms with E-state index in [0.29, 0.717) is 6.54 Å². The lowest BCUT2D eigenvalue weighted by Gasteiger charge is -2.06. The number of phenolic OH excluding ortho intramolecular Hbond substituents is 1. The molecule has 1 heterocycles. The molecule has 2 aromatic rings. The van der Waals surface area contributed by atoms with Gasteiger partial charge in [0.25, 0.3) is 5.91 Å². The lowest BCUT2D eigenvalue weighted by atomic mass is 10.1. The van der Waals surface area contributed by atoms with Gasteiger partial charge in [-0.1, -0.05) is 6.07 Å². The number of aromatic nitrogens is 1. The summed E-state index contributed by atoms with van der Waals surface area (Å²) >= 11 is 1.52. The number of aryl methyl sites for hydroxylation is 1. The highest BCUT2D eigenvalue weighted by atomic mass is 32.1. The Morgan fingerprint density at radius 2 is 2.33 bits per heavy atom. The Bertz CT molecular complexity index is 580. The molecule has 6 heteroatoms. The highest BCUT2D eigenvalue weighted by molar-refractivity contribution is 7.11. The monoisotopic (exact) mass is 263 g/mol. The van der Waals surface area contributed by atoms with Gasteiger partial charge in [0.15, 0.2) is 5.75 Å². The van der Waals surface area contributed by atoms with Gasteiger partial charge >= 0.3 is 0 Å². The molecule has 0 aliphatic heterocycles. The first-order valence-electron chi connectivity index (χ1n) is 5.35. The predicted octanol–water partition coefficient (Wildman–Crippen LogP) is 1.67. The zero-order chi connectivity index (χ0) is 13.1. The Labute approximate surface area is 108 Å². The number of carbonyl (C=O) groups is 1. The molecular weight excluding hydrogens is 250 g/mol. The Morgan fingerprint density at radius 1 is 1.56 bits per heavy atom. The van der Waals surface area contributed by atoms with Crippen LogP contribution in [-0.4, -0.2) is 16.0 Å². The minimum absolute atomic E-state index is 0.170. The van der Waals surface area contributed by atoms with Crippen molar-refractivity contribution in [2.24, 2.45) is 0 Å². The molecule has 5 nitrogen and oxygen atoms in total. The van der Waals surface area contributed by atoms with Crippen LogP contribution in [-0.2, 0) is 6.54 Å². The molecule has 0 saturated heterocycles. The molecule has 4 N–H and O–H groups in total. The number of thiazole rings is 1. The van der Waals surface area contributed by atoms with Crippen LogP contribution >= 0.6 is 11.3 Å². The van der Waals surface area contributed by atoms with Crippen LogP contribution in [0.2, 0.25) is 0 Å². The van der Waals surface area contributed by atoms with Crippen LogP contribution in [0.3, 0.4) is 0 Å². The van der Waals surface area contributed by atoms with Crippen LogP contribution in [0.25, 0.3) is 0 Å². The number of nitrogens with one attached hydrogen (secondary N) is 1. The maximum absolute atomic E-state index is 11.8. The van der Waals surface area contributed by atoms with E-state index in [1.165, 1.54) is 23.5 Å². The third-order valence-corrected chi connectivity index (χ3v) is 3.29. The van der Waals surface area contributed by atoms with Crippen molar-refractivity contribution >= 4 is 22.9 Å². The summed E-state index contributed by atoms with van der Waals surface area (Å²) in [6, 6.07) is 4.68. The second-order valence-electron chi connectivity index (χ2n) is 3.79. The van der Waals surface area contributed by atoms with Gasteiger partial charge in [0.2, 0.25) is 0 Å². The van der Waals surface area contributed by atoms with Crippen molar-refractivity contribution in [1.29, 1.82) is 0 Å². The molecule has 1 aromatic heterocycles. The molecule has 0 unspecified atom stereocenters. The van der Waals surface area contributed by atoms with Crippen molar-refractivity contribution in [3.63, 3.8) is 0 Å². The van der Waals surface area contributed by atoms with Gasteiger partial charge in [-0.25, -0.2) is 4.98 Å². The highest BCUT2D eigenvalue weighted by Gasteiger charge is 2.12. The molecule has 0 aliphatic carbocycles. The molecular formula is C12H13N3O2S. The van der Waals surface area contributed by atoms with Gasteiger partial charge in [-0.15, -0.1) is 11.3 Å². The minimum atomic E-state index is -0.368. The molecule has 0 radical (unpaired) electrons. The maximum Gasteiger partial charge on any atom is 0.255 e. The largest absolute Gasteiger partial charge is 0.505 e. The summed E-state index contributed by atoms with van der Waals surface area (Å²) in [5.41, 5.74) is 5.89. The molecule has 0 saturated carbocycles. The molecule has 18 heavy (non-hydrogen) atoms. The van der Waals surface area contributed by atoms with E-state index in [0.717, 1.165) is 9.88 Å². The van der Waals surface area contributed by atoms with Gasteiger partial charge in [-0.05, 0) is 19.1 Å². The molecule has 0 atom stereocenters. The van der Waals surface area contributed by atoms with E-state index < -0.39 is 0 Å². The smallest absolute Gasteiger partial charge is 0.255 e. The zero-order valence-electron chi connectivity index (χ0n) is 9.80. The van der Waals surface area contributed by atoms with Gasteiger partial charge < -0.3 is 16.2 Å². The summed E-state index contributed by atoms with van der Waals surface area (Å²) in [6.07, 6.45) is 1.75. The van der Waals surface area contributed by atoms with Crippen molar-refractivity contribution in [3.8, 4) is 5.75 Å². The van der Waals surface area contributed by atoms with Crippen molar-refractivity contribution < 1.29 is 9.90 Å². The standard InChI is InChI=1S/C12H13N3O2S/c1-7-5-14-10(18-7)6-15-12(17)8-3-2-4-9(13)11(8)16/h2-5,16H,6,13H2,1H3,(H,15,17). The number of rotatable bonds is 3. The Hall–Kier alpha value is -2.08. The van der Waals surface area contributed by atoms with E-state index in [9.17, 15) is 9.90 Å². The van der Waals surface area contributed by atoms with Gasteiger partial charge in [0.05, 0.1) is 17.8 Å². The number of para-hydroxylation sites is 1. The fourth-order valence-corrected chi connectivity index (χ4v) is 2.21. The number of hydrogen-bond donors (Lipinski definition) is 3. The summed E-state index contributed by atoms with van der Waals surface area (Å²) in [6.45, 7) is 2.29. The quantitative estimate of drug-likeness (QED) is 0.580. The van der Waals surface area contributed by atoms with Gasteiger partial charge in [0.1, 0.15) is 5.01 Å². The molecule has 0 spiro atoms. The second-order valence-corrected chi connectivity index (χ2v) is 5.11. The molecule has 1 aromatic carbocycles. The van der Waals surface area contributed by atoms with Crippen LogP contribution < -0.4 is 11.1 Å². The van der Waals surface area contributed by atoms with Crippen molar-refractivity contribution in [2.75, 3.05) is 5.73 Å². The van der Waals surface area contributed by atoms with E-state index in [-0.39, 0.29) is 22.9 Å². The van der Waals surface area contributed by atoms with Gasteiger partial charge in [-0.3, -0.25) is 4.79 Å². The summed E-state index contributed by atoms with van der Waals surface area (Å²) in [4.78, 5) is 17.1. The Kier molecular flexibility index (Phi) is 3.47. The van der Waals surface area contributed by atoms with Crippen LogP contribution in [0, 0.1) is 6.92 Å². The maximum atomic E-state index is 11.8. The van der Waals surface area contributed by atoms with Crippen molar-refractivity contribution in [3.05, 3.63) is 39.8 Å². The van der Waals surface area contributed by atoms with Crippen molar-refractivity contribution in [1.82, 2.24) is 10.3 Å². The lowest BCUT2D eigenvalue weighted by molar-refractivity contribution is 0.0948. The van der Waals surface area contributed by atoms with E-state index in [1.54, 1.807) is 12.3 Å². The van der Waals surface area contributed by atoms with Crippen LogP contribution in [0.1, 0.15) is 20.2 Å². The molecule has 0 aliphatic rings. The number of hydrogen-bond acceptors (Lipinski definition) is 5. The predicted molar refractivity (Wildman–Crippen MR) is 70.5 cm³/mol. The number of nitrogens with two attached hydrogens (primary N) is 1. The molecule has 2 rings (SSSR count). The molecule has 94 valence electrons. The molecule has 1 amide bonds. The SMILES string of the molecule is Cc1cnc(CNC(=O)c2cccc(N)c2O)s1. The zero-order valence-corrected chi connectivity index (χ0v) is 10.6. The summed E-state index contributed by atoms with van der Waals surface area (Å²) in [5, 5.41) is 13.2. The topological polar surface area (TPSA) is 88.2 Å². The summed E-state index contributed by atoms with van der Waals surface area (Å²) in [5.74, 6) is -0.557. The molecule has 0 bridgehead atoms. The average molecular weight is 263 g/mol. The van der Waals surface area contributed by atoms with E-state index in [1.807, 2.05) is 6.92 Å². The molecule has 0 fully saturated rings. The number of carbonyl (C=O) groups excluding carboxylic acids is 1. The Morgan fingerprint density at radius 3 is 3.00 bits per heavy atom. The van der Waals surface area contributed by atoms with Crippen LogP contribution in [0.4, 0.5) is 5.69 Å². The minimum Gasteiger partial charge on any atom is -0.505 e. The summed E-state index contributed by atoms with van der Waals surface area (Å²) in [7, 11) is 0. The number of amides is 1. The second kappa shape index (κ2) is 5.05. The number of aromatic hydroxyl groups is 1. The van der Waals surface area contributed by atoms with E-state index in [4.69, 9.17) is 5.73 Å². The summed E-state index contributed by atoms with van der Waals surface area (Å²) < 4.78 is 0. The number of nitrogen functional groups attached to an aromatic ring is 1. The van der Waals surface area contributed by atoms with E-state index >= 15 is 0 Å². The fourth-order valence-electron chi connectivity index (χ4n) is 1.48. The fraction of sp³-hybridized carbons (Fsp3) is 0.167. The lowest BCUT2D eigenvalue weighted by Crippen LogP contribution is -2.22. The van der Waals surface area contributed by atoms with Crippen LogP contribution in [0.5, 0.6) is 5.75 Å². The van der Waals surface area contributed by atoms with Crippen molar-refractivity contribution in [2.45, 2.75) is 13.5 Å². The number of benzene rings is 1. The third kappa shape index (κ3) is 2.60. The van der Waals surface area contributed by atoms with Gasteiger partial charge in [-0.2, -0.15) is 0 Å². The van der Waals surface area contributed by atoms with Gasteiger partial charge in [0, 0.05) is 11.1 Å². The van der Waals surface area contributed by atoms with Crippen LogP contribution in [0.15, 0.2) is 24.4 Å². The average Bonchev–Trinajstić information content (AvgIpc) is 2.76. The first-order valence-corrected chi connectivity index (χ1v) is 6.16. The number of anilines is 1. The third-order valence-electron chi connectivity index (χ3n) is 2.38. The number of phenols is 1. The Balaban J connectivity index is 2.06. The highest BCUT2D eigenvalue weighted by Crippen LogP contribution is 2.24. The first kappa shape index (κ1) is 12.4. The normalized spacial score (nSPS) is 10.3. The number of nitrogens with zero attached hydrogens (tertiary/aromatic N) is 1. The first-order chi connectivity index (χ1) is 8.58. The van der Waals surface area contributed by atoms with E-state index in [2.05, 4.69) is 10.3 Å².